The third-order valence-electron chi connectivity index (χ3n) is 2.51. The van der Waals surface area contributed by atoms with Gasteiger partial charge in [-0.1, -0.05) is 0 Å². The van der Waals surface area contributed by atoms with Crippen LogP contribution in [-0.4, -0.2) is 55.1 Å². The number of halogens is 5. The van der Waals surface area contributed by atoms with Crippen LogP contribution in [0, 0.1) is 0 Å². The van der Waals surface area contributed by atoms with Crippen LogP contribution in [0.4, 0.5) is 22.0 Å². The molecule has 1 heterocycles. The molecular weight excluding hydrogens is 249 g/mol. The van der Waals surface area contributed by atoms with Crippen LogP contribution in [0.5, 0.6) is 0 Å². The molecule has 0 saturated carbocycles. The Morgan fingerprint density at radius 3 is 2.41 bits per heavy atom. The molecule has 0 aromatic carbocycles. The van der Waals surface area contributed by atoms with E-state index in [0.29, 0.717) is 4.90 Å². The maximum absolute atomic E-state index is 12.8. The molecule has 0 aromatic heterocycles. The van der Waals surface area contributed by atoms with Crippen molar-refractivity contribution in [2.45, 2.75) is 18.1 Å². The highest BCUT2D eigenvalue weighted by atomic mass is 19.4. The molecule has 100 valence electrons. The predicted octanol–water partition coefficient (Wildman–Crippen LogP) is -0.0569. The highest BCUT2D eigenvalue weighted by Gasteiger charge is 2.65. The lowest BCUT2D eigenvalue weighted by Crippen LogP contribution is -2.62. The van der Waals surface area contributed by atoms with Gasteiger partial charge in [-0.05, 0) is 0 Å². The van der Waals surface area contributed by atoms with E-state index in [9.17, 15) is 26.7 Å². The van der Waals surface area contributed by atoms with Crippen LogP contribution >= 0.6 is 0 Å². The number of piperazine rings is 1. The molecule has 0 bridgehead atoms. The van der Waals surface area contributed by atoms with E-state index in [-0.39, 0.29) is 26.2 Å². The van der Waals surface area contributed by atoms with Crippen LogP contribution in [0.25, 0.3) is 0 Å². The molecule has 1 atom stereocenters. The van der Waals surface area contributed by atoms with Gasteiger partial charge in [0.2, 0.25) is 0 Å². The number of rotatable bonds is 2. The van der Waals surface area contributed by atoms with Gasteiger partial charge in [-0.15, -0.1) is 0 Å². The molecule has 0 radical (unpaired) electrons. The van der Waals surface area contributed by atoms with Crippen molar-refractivity contribution < 1.29 is 26.7 Å². The number of amides is 1. The Hall–Kier alpha value is -0.960. The molecule has 0 aromatic rings. The molecule has 3 N–H and O–H groups in total. The largest absolute Gasteiger partial charge is 0.463 e. The molecule has 1 unspecified atom stereocenters. The molecule has 1 aliphatic heterocycles. The lowest BCUT2D eigenvalue weighted by molar-refractivity contribution is -0.275. The number of carbonyl (C=O) groups is 1. The Labute approximate surface area is 93.9 Å². The van der Waals surface area contributed by atoms with Crippen LogP contribution in [0.15, 0.2) is 0 Å². The third kappa shape index (κ3) is 2.65. The standard InChI is InChI=1S/C8H12F5N3O/c9-7(10,8(11,12)13)6(17)16-2-1-15-4-5(16)3-14/h5,15H,1-4,14H2. The maximum atomic E-state index is 12.8. The molecule has 9 heteroatoms. The van der Waals surface area contributed by atoms with Gasteiger partial charge in [0, 0.05) is 26.2 Å². The molecule has 1 rings (SSSR count). The second kappa shape index (κ2) is 4.73. The SMILES string of the molecule is NCC1CNCCN1C(=O)C(F)(F)C(F)(F)F. The minimum Gasteiger partial charge on any atom is -0.330 e. The summed E-state index contributed by atoms with van der Waals surface area (Å²) < 4.78 is 61.8. The van der Waals surface area contributed by atoms with Gasteiger partial charge in [-0.3, -0.25) is 4.79 Å². The van der Waals surface area contributed by atoms with Crippen LogP contribution in [0.2, 0.25) is 0 Å². The maximum Gasteiger partial charge on any atom is 0.463 e. The predicted molar refractivity (Wildman–Crippen MR) is 48.4 cm³/mol. The molecule has 1 saturated heterocycles. The minimum atomic E-state index is -5.88. The quantitative estimate of drug-likeness (QED) is 0.685. The summed E-state index contributed by atoms with van der Waals surface area (Å²) in [5.74, 6) is -7.60. The first-order valence-corrected chi connectivity index (χ1v) is 4.88. The van der Waals surface area contributed by atoms with E-state index in [2.05, 4.69) is 5.32 Å². The minimum absolute atomic E-state index is 0.107. The highest BCUT2D eigenvalue weighted by molar-refractivity contribution is 5.84. The molecule has 4 nitrogen and oxygen atoms in total. The van der Waals surface area contributed by atoms with Gasteiger partial charge in [0.25, 0.3) is 0 Å². The van der Waals surface area contributed by atoms with Crippen LogP contribution in [0.1, 0.15) is 0 Å². The second-order valence-electron chi connectivity index (χ2n) is 3.66. The van der Waals surface area contributed by atoms with Gasteiger partial charge in [-0.25, -0.2) is 0 Å². The Morgan fingerprint density at radius 2 is 1.94 bits per heavy atom. The van der Waals surface area contributed by atoms with Crippen molar-refractivity contribution in [1.29, 1.82) is 0 Å². The average molecular weight is 261 g/mol. The van der Waals surface area contributed by atoms with E-state index in [1.165, 1.54) is 0 Å². The average Bonchev–Trinajstić information content (AvgIpc) is 2.26. The Kier molecular flexibility index (Phi) is 3.92. The Bertz CT molecular complexity index is 293. The third-order valence-corrected chi connectivity index (χ3v) is 2.51. The molecule has 1 amide bonds. The van der Waals surface area contributed by atoms with Gasteiger partial charge in [0.15, 0.2) is 0 Å². The summed E-state index contributed by atoms with van der Waals surface area (Å²) in [4.78, 5) is 11.7. The summed E-state index contributed by atoms with van der Waals surface area (Å²) >= 11 is 0. The second-order valence-corrected chi connectivity index (χ2v) is 3.66. The zero-order valence-electron chi connectivity index (χ0n) is 8.73. The van der Waals surface area contributed by atoms with Gasteiger partial charge in [-0.2, -0.15) is 22.0 Å². The lowest BCUT2D eigenvalue weighted by atomic mass is 10.1. The van der Waals surface area contributed by atoms with Crippen molar-refractivity contribution in [2.24, 2.45) is 5.73 Å². The summed E-state index contributed by atoms with van der Waals surface area (Å²) in [7, 11) is 0. The highest BCUT2D eigenvalue weighted by Crippen LogP contribution is 2.37. The molecule has 1 aliphatic rings. The molecule has 0 aliphatic carbocycles. The zero-order chi connectivity index (χ0) is 13.3. The molecule has 0 spiro atoms. The normalized spacial score (nSPS) is 22.7. The van der Waals surface area contributed by atoms with Crippen molar-refractivity contribution in [3.8, 4) is 0 Å². The van der Waals surface area contributed by atoms with Crippen LogP contribution in [0.3, 0.4) is 0 Å². The van der Waals surface area contributed by atoms with Crippen molar-refractivity contribution in [2.75, 3.05) is 26.2 Å². The van der Waals surface area contributed by atoms with E-state index in [4.69, 9.17) is 5.73 Å². The van der Waals surface area contributed by atoms with E-state index >= 15 is 0 Å². The van der Waals surface area contributed by atoms with E-state index < -0.39 is 24.0 Å². The van der Waals surface area contributed by atoms with Crippen molar-refractivity contribution in [3.05, 3.63) is 0 Å². The zero-order valence-corrected chi connectivity index (χ0v) is 8.73. The van der Waals surface area contributed by atoms with Crippen LogP contribution in [-0.2, 0) is 4.79 Å². The summed E-state index contributed by atoms with van der Waals surface area (Å²) in [5, 5.41) is 2.76. The van der Waals surface area contributed by atoms with Crippen molar-refractivity contribution in [3.63, 3.8) is 0 Å². The number of hydrogen-bond acceptors (Lipinski definition) is 3. The number of nitrogens with zero attached hydrogens (tertiary/aromatic N) is 1. The monoisotopic (exact) mass is 261 g/mol. The number of hydrogen-bond donors (Lipinski definition) is 2. The summed E-state index contributed by atoms with van der Waals surface area (Å²) in [5.41, 5.74) is 5.22. The summed E-state index contributed by atoms with van der Waals surface area (Å²) in [6.45, 7) is -0.120. The molecule has 1 fully saturated rings. The fraction of sp³-hybridized carbons (Fsp3) is 0.875. The van der Waals surface area contributed by atoms with Gasteiger partial charge in [0.1, 0.15) is 0 Å². The first kappa shape index (κ1) is 14.1. The van der Waals surface area contributed by atoms with Gasteiger partial charge < -0.3 is 16.0 Å². The van der Waals surface area contributed by atoms with Gasteiger partial charge >= 0.3 is 18.0 Å². The molecule has 17 heavy (non-hydrogen) atoms. The number of alkyl halides is 5. The summed E-state index contributed by atoms with van der Waals surface area (Å²) in [6, 6.07) is -0.843. The lowest BCUT2D eigenvalue weighted by Gasteiger charge is -2.37. The number of nitrogens with one attached hydrogen (secondary N) is 1. The topological polar surface area (TPSA) is 58.4 Å². The fourth-order valence-corrected chi connectivity index (χ4v) is 1.54. The first-order valence-electron chi connectivity index (χ1n) is 4.88. The fourth-order valence-electron chi connectivity index (χ4n) is 1.54. The van der Waals surface area contributed by atoms with Crippen molar-refractivity contribution >= 4 is 5.91 Å². The van der Waals surface area contributed by atoms with E-state index in [1.54, 1.807) is 0 Å². The summed E-state index contributed by atoms with van der Waals surface area (Å²) in [6.07, 6.45) is -5.88. The van der Waals surface area contributed by atoms with E-state index in [0.717, 1.165) is 0 Å². The van der Waals surface area contributed by atoms with Crippen molar-refractivity contribution in [1.82, 2.24) is 10.2 Å². The van der Waals surface area contributed by atoms with Crippen LogP contribution < -0.4 is 11.1 Å². The Balaban J connectivity index is 2.87. The number of nitrogens with two attached hydrogens (primary N) is 1. The number of carbonyl (C=O) groups excluding carboxylic acids is 1. The Morgan fingerprint density at radius 1 is 1.35 bits per heavy atom. The van der Waals surface area contributed by atoms with E-state index in [1.807, 2.05) is 0 Å². The van der Waals surface area contributed by atoms with Gasteiger partial charge in [0.05, 0.1) is 6.04 Å². The smallest absolute Gasteiger partial charge is 0.330 e. The molecular formula is C8H12F5N3O. The first-order chi connectivity index (χ1) is 7.71.